The molecule has 5 atom stereocenters. The van der Waals surface area contributed by atoms with Gasteiger partial charge in [0.1, 0.15) is 0 Å². The lowest BCUT2D eigenvalue weighted by atomic mass is 10.0. The van der Waals surface area contributed by atoms with Gasteiger partial charge in [-0.05, 0) is 55.8 Å². The molecular formula is C18H30N2O3. The zero-order valence-electron chi connectivity index (χ0n) is 14.1. The molecule has 3 saturated carbocycles. The van der Waals surface area contributed by atoms with E-state index in [1.807, 2.05) is 0 Å². The molecule has 0 aromatic carbocycles. The fraction of sp³-hybridized carbons (Fsp3) is 0.944. The predicted molar refractivity (Wildman–Crippen MR) is 86.8 cm³/mol. The Labute approximate surface area is 138 Å². The van der Waals surface area contributed by atoms with Crippen LogP contribution in [0.5, 0.6) is 0 Å². The Morgan fingerprint density at radius 3 is 2.48 bits per heavy atom. The molecule has 1 heterocycles. The number of aliphatic hydroxyl groups excluding tert-OH is 1. The van der Waals surface area contributed by atoms with Gasteiger partial charge in [0.2, 0.25) is 5.91 Å². The second kappa shape index (κ2) is 6.34. The summed E-state index contributed by atoms with van der Waals surface area (Å²) in [5, 5.41) is 13.1. The van der Waals surface area contributed by atoms with Gasteiger partial charge in [-0.25, -0.2) is 0 Å². The molecular weight excluding hydrogens is 292 g/mol. The first-order chi connectivity index (χ1) is 11.2. The van der Waals surface area contributed by atoms with Crippen LogP contribution in [-0.4, -0.2) is 61.4 Å². The van der Waals surface area contributed by atoms with Crippen molar-refractivity contribution in [1.82, 2.24) is 10.2 Å². The monoisotopic (exact) mass is 322 g/mol. The minimum absolute atomic E-state index is 0.331. The number of carbonyl (C=O) groups excluding carboxylic acids is 1. The van der Waals surface area contributed by atoms with Crippen LogP contribution < -0.4 is 5.32 Å². The summed E-state index contributed by atoms with van der Waals surface area (Å²) in [4.78, 5) is 14.8. The van der Waals surface area contributed by atoms with Gasteiger partial charge in [0.05, 0.1) is 12.7 Å². The average Bonchev–Trinajstić information content (AvgIpc) is 2.98. The predicted octanol–water partition coefficient (Wildman–Crippen LogP) is 0.866. The number of ether oxygens (including phenoxy) is 1. The number of rotatable bonds is 6. The zero-order valence-corrected chi connectivity index (χ0v) is 14.1. The van der Waals surface area contributed by atoms with Crippen LogP contribution in [0.4, 0.5) is 0 Å². The molecule has 4 aliphatic rings. The van der Waals surface area contributed by atoms with Crippen molar-refractivity contribution in [2.24, 2.45) is 29.6 Å². The Balaban J connectivity index is 1.19. The van der Waals surface area contributed by atoms with Crippen LogP contribution in [0.25, 0.3) is 0 Å². The van der Waals surface area contributed by atoms with E-state index in [0.717, 1.165) is 49.6 Å². The molecule has 5 unspecified atom stereocenters. The van der Waals surface area contributed by atoms with Gasteiger partial charge in [-0.15, -0.1) is 0 Å². The van der Waals surface area contributed by atoms with Gasteiger partial charge in [-0.1, -0.05) is 0 Å². The molecule has 0 aromatic heterocycles. The number of methoxy groups -OCH3 is 1. The maximum atomic E-state index is 12.6. The summed E-state index contributed by atoms with van der Waals surface area (Å²) in [6, 6.07) is 0.331. The second-order valence-corrected chi connectivity index (χ2v) is 8.21. The fourth-order valence-electron chi connectivity index (χ4n) is 5.78. The lowest BCUT2D eigenvalue weighted by Gasteiger charge is -2.33. The van der Waals surface area contributed by atoms with E-state index in [1.165, 1.54) is 19.3 Å². The minimum Gasteiger partial charge on any atom is -0.389 e. The first-order valence-electron chi connectivity index (χ1n) is 9.37. The molecule has 1 amide bonds. The van der Waals surface area contributed by atoms with Crippen LogP contribution in [0, 0.1) is 29.6 Å². The number of amides is 1. The Morgan fingerprint density at radius 2 is 1.87 bits per heavy atom. The molecule has 3 aliphatic carbocycles. The van der Waals surface area contributed by atoms with Crippen molar-refractivity contribution in [3.05, 3.63) is 0 Å². The smallest absolute Gasteiger partial charge is 0.223 e. The molecule has 0 radical (unpaired) electrons. The van der Waals surface area contributed by atoms with Crippen LogP contribution in [0.1, 0.15) is 32.1 Å². The van der Waals surface area contributed by atoms with E-state index in [-0.39, 0.29) is 0 Å². The number of nitrogens with one attached hydrogen (secondary N) is 1. The van der Waals surface area contributed by atoms with Crippen molar-refractivity contribution in [2.45, 2.75) is 44.2 Å². The van der Waals surface area contributed by atoms with Gasteiger partial charge in [-0.3, -0.25) is 4.79 Å². The maximum absolute atomic E-state index is 12.6. The van der Waals surface area contributed by atoms with Crippen LogP contribution in [0.3, 0.4) is 0 Å². The summed E-state index contributed by atoms with van der Waals surface area (Å²) in [7, 11) is 1.62. The zero-order chi connectivity index (χ0) is 16.0. The van der Waals surface area contributed by atoms with E-state index in [4.69, 9.17) is 4.74 Å². The summed E-state index contributed by atoms with van der Waals surface area (Å²) in [6.45, 7) is 2.97. The number of β-amino-alcohol motifs (C(OH)–C–C–N with tert-alkyl or cyclic N) is 1. The van der Waals surface area contributed by atoms with Crippen molar-refractivity contribution in [2.75, 3.05) is 33.4 Å². The molecule has 5 nitrogen and oxygen atoms in total. The van der Waals surface area contributed by atoms with Crippen molar-refractivity contribution >= 4 is 5.91 Å². The van der Waals surface area contributed by atoms with Gasteiger partial charge in [0.25, 0.3) is 0 Å². The molecule has 0 aromatic rings. The first kappa shape index (κ1) is 15.9. The fourth-order valence-corrected chi connectivity index (χ4v) is 5.78. The van der Waals surface area contributed by atoms with Crippen molar-refractivity contribution in [3.8, 4) is 0 Å². The molecule has 2 bridgehead atoms. The highest BCUT2D eigenvalue weighted by molar-refractivity contribution is 5.83. The molecule has 2 N–H and O–H groups in total. The van der Waals surface area contributed by atoms with Gasteiger partial charge >= 0.3 is 0 Å². The normalized spacial score (nSPS) is 40.9. The van der Waals surface area contributed by atoms with Crippen LogP contribution in [-0.2, 0) is 9.53 Å². The molecule has 4 rings (SSSR count). The average molecular weight is 322 g/mol. The van der Waals surface area contributed by atoms with E-state index in [0.29, 0.717) is 31.0 Å². The quantitative estimate of drug-likeness (QED) is 0.762. The van der Waals surface area contributed by atoms with Crippen LogP contribution in [0.2, 0.25) is 0 Å². The van der Waals surface area contributed by atoms with Crippen LogP contribution in [0.15, 0.2) is 0 Å². The molecule has 4 fully saturated rings. The van der Waals surface area contributed by atoms with Crippen molar-refractivity contribution in [1.29, 1.82) is 0 Å². The minimum atomic E-state index is -0.410. The second-order valence-electron chi connectivity index (χ2n) is 8.21. The number of carbonyl (C=O) groups is 1. The highest BCUT2D eigenvalue weighted by Crippen LogP contribution is 2.69. The number of hydrogen-bond donors (Lipinski definition) is 2. The Kier molecular flexibility index (Phi) is 4.37. The van der Waals surface area contributed by atoms with Crippen LogP contribution >= 0.6 is 0 Å². The highest BCUT2D eigenvalue weighted by atomic mass is 16.5. The van der Waals surface area contributed by atoms with Gasteiger partial charge in [-0.2, -0.15) is 0 Å². The summed E-state index contributed by atoms with van der Waals surface area (Å²) < 4.78 is 4.98. The Hall–Kier alpha value is -0.650. The molecule has 23 heavy (non-hydrogen) atoms. The molecule has 1 aliphatic heterocycles. The maximum Gasteiger partial charge on any atom is 0.223 e. The topological polar surface area (TPSA) is 61.8 Å². The van der Waals surface area contributed by atoms with E-state index < -0.39 is 6.10 Å². The molecule has 130 valence electrons. The van der Waals surface area contributed by atoms with Crippen molar-refractivity contribution < 1.29 is 14.6 Å². The standard InChI is InChI=1S/C18H30N2O3/c1-23-10-14(21)9-20-6-4-13(5-7-20)19-18(22)17-15-11-2-3-12(8-11)16(15)17/h11-17,21H,2-10H2,1H3,(H,19,22). The Bertz CT molecular complexity index is 434. The van der Waals surface area contributed by atoms with E-state index in [9.17, 15) is 9.90 Å². The summed E-state index contributed by atoms with van der Waals surface area (Å²) >= 11 is 0. The lowest BCUT2D eigenvalue weighted by Crippen LogP contribution is -2.47. The van der Waals surface area contributed by atoms with Gasteiger partial charge < -0.3 is 20.1 Å². The number of piperidine rings is 1. The van der Waals surface area contributed by atoms with E-state index in [2.05, 4.69) is 10.2 Å². The molecule has 1 saturated heterocycles. The third-order valence-corrected chi connectivity index (χ3v) is 6.80. The van der Waals surface area contributed by atoms with E-state index >= 15 is 0 Å². The Morgan fingerprint density at radius 1 is 1.22 bits per heavy atom. The third kappa shape index (κ3) is 3.03. The summed E-state index contributed by atoms with van der Waals surface area (Å²) in [5.41, 5.74) is 0. The lowest BCUT2D eigenvalue weighted by molar-refractivity contribution is -0.124. The van der Waals surface area contributed by atoms with E-state index in [1.54, 1.807) is 7.11 Å². The highest BCUT2D eigenvalue weighted by Gasteiger charge is 2.67. The number of likely N-dealkylation sites (tertiary alicyclic amines) is 1. The molecule has 5 heteroatoms. The third-order valence-electron chi connectivity index (χ3n) is 6.80. The SMILES string of the molecule is COCC(O)CN1CCC(NC(=O)C2C3C4CCC(C4)C23)CC1. The molecule has 0 spiro atoms. The number of aliphatic hydroxyl groups is 1. The number of fused-ring (bicyclic) bond motifs is 5. The first-order valence-corrected chi connectivity index (χ1v) is 9.37. The van der Waals surface area contributed by atoms with Gasteiger partial charge in [0, 0.05) is 38.7 Å². The van der Waals surface area contributed by atoms with Crippen molar-refractivity contribution in [3.63, 3.8) is 0 Å². The number of hydrogen-bond acceptors (Lipinski definition) is 4. The van der Waals surface area contributed by atoms with Gasteiger partial charge in [0.15, 0.2) is 0 Å². The summed E-state index contributed by atoms with van der Waals surface area (Å²) in [5.74, 6) is 3.89. The largest absolute Gasteiger partial charge is 0.389 e. The number of nitrogens with zero attached hydrogens (tertiary/aromatic N) is 1. The summed E-state index contributed by atoms with van der Waals surface area (Å²) in [6.07, 6.45) is 5.74.